The van der Waals surface area contributed by atoms with Crippen LogP contribution in [-0.4, -0.2) is 41.4 Å². The molecule has 30 heavy (non-hydrogen) atoms. The van der Waals surface area contributed by atoms with Crippen molar-refractivity contribution in [1.82, 2.24) is 15.5 Å². The monoisotopic (exact) mass is 415 g/mol. The van der Waals surface area contributed by atoms with Gasteiger partial charge in [0, 0.05) is 12.0 Å². The van der Waals surface area contributed by atoms with Crippen LogP contribution < -0.4 is 10.6 Å². The maximum Gasteiger partial charge on any atom is 0.325 e. The van der Waals surface area contributed by atoms with Crippen molar-refractivity contribution in [3.8, 4) is 0 Å². The topological polar surface area (TPSA) is 78.5 Å². The molecule has 162 valence electrons. The first-order chi connectivity index (χ1) is 14.3. The summed E-state index contributed by atoms with van der Waals surface area (Å²) in [5.74, 6) is -0.343. The minimum Gasteiger partial charge on any atom is -0.354 e. The maximum atomic E-state index is 13.3. The van der Waals surface area contributed by atoms with Gasteiger partial charge in [0.05, 0.1) is 0 Å². The Bertz CT molecular complexity index is 825. The lowest BCUT2D eigenvalue weighted by atomic mass is 9.77. The Balaban J connectivity index is 1.39. The highest BCUT2D eigenvalue weighted by atomic mass is 19.1. The lowest BCUT2D eigenvalue weighted by molar-refractivity contribution is -0.136. The van der Waals surface area contributed by atoms with Crippen molar-refractivity contribution >= 4 is 17.8 Å². The molecule has 2 aliphatic carbocycles. The lowest BCUT2D eigenvalue weighted by Gasteiger charge is -2.33. The molecule has 1 aliphatic heterocycles. The van der Waals surface area contributed by atoms with Gasteiger partial charge < -0.3 is 10.6 Å². The van der Waals surface area contributed by atoms with E-state index >= 15 is 0 Å². The molecule has 1 aromatic carbocycles. The van der Waals surface area contributed by atoms with Gasteiger partial charge >= 0.3 is 6.03 Å². The highest BCUT2D eigenvalue weighted by Gasteiger charge is 2.52. The number of halogens is 1. The highest BCUT2D eigenvalue weighted by molar-refractivity contribution is 6.09. The van der Waals surface area contributed by atoms with Crippen molar-refractivity contribution in [3.63, 3.8) is 0 Å². The van der Waals surface area contributed by atoms with Crippen LogP contribution in [0, 0.1) is 11.7 Å². The van der Waals surface area contributed by atoms with E-state index < -0.39 is 11.6 Å². The molecule has 2 N–H and O–H groups in total. The Hall–Kier alpha value is -2.44. The Morgan fingerprint density at radius 1 is 1.13 bits per heavy atom. The fraction of sp³-hybridized carbons (Fsp3) is 0.609. The van der Waals surface area contributed by atoms with Gasteiger partial charge in [-0.1, -0.05) is 31.9 Å². The molecule has 1 saturated heterocycles. The van der Waals surface area contributed by atoms with Crippen LogP contribution in [0.1, 0.15) is 63.9 Å². The first-order valence-corrected chi connectivity index (χ1v) is 11.0. The third-order valence-corrected chi connectivity index (χ3v) is 7.32. The SMILES string of the molecule is CC1CCC2(CC1)NC(=O)N(CC(=O)NCC1(c3ccc(F)cc3)CCCC1)C2=O. The van der Waals surface area contributed by atoms with Crippen molar-refractivity contribution in [2.24, 2.45) is 5.92 Å². The number of carbonyl (C=O) groups is 3. The second-order valence-electron chi connectivity index (χ2n) is 9.36. The van der Waals surface area contributed by atoms with Crippen LogP contribution >= 0.6 is 0 Å². The fourth-order valence-electron chi connectivity index (χ4n) is 5.30. The molecule has 0 bridgehead atoms. The van der Waals surface area contributed by atoms with Crippen molar-refractivity contribution in [3.05, 3.63) is 35.6 Å². The number of hydrogen-bond acceptors (Lipinski definition) is 3. The number of benzene rings is 1. The molecule has 3 fully saturated rings. The molecule has 0 atom stereocenters. The summed E-state index contributed by atoms with van der Waals surface area (Å²) in [5.41, 5.74) is -0.0292. The number of hydrogen-bond donors (Lipinski definition) is 2. The maximum absolute atomic E-state index is 13.3. The van der Waals surface area contributed by atoms with Crippen LogP contribution in [0.4, 0.5) is 9.18 Å². The van der Waals surface area contributed by atoms with Gasteiger partial charge in [0.2, 0.25) is 5.91 Å². The molecule has 1 spiro atoms. The Morgan fingerprint density at radius 3 is 2.40 bits per heavy atom. The molecule has 1 aromatic rings. The normalized spacial score (nSPS) is 28.1. The summed E-state index contributed by atoms with van der Waals surface area (Å²) in [6.45, 7) is 2.31. The van der Waals surface area contributed by atoms with Gasteiger partial charge in [0.25, 0.3) is 5.91 Å². The quantitative estimate of drug-likeness (QED) is 0.725. The molecular formula is C23H30FN3O3. The number of nitrogens with one attached hydrogen (secondary N) is 2. The van der Waals surface area contributed by atoms with E-state index in [0.29, 0.717) is 25.3 Å². The van der Waals surface area contributed by atoms with Crippen LogP contribution in [-0.2, 0) is 15.0 Å². The van der Waals surface area contributed by atoms with Gasteiger partial charge in [0.1, 0.15) is 17.9 Å². The summed E-state index contributed by atoms with van der Waals surface area (Å²) in [6, 6.07) is 6.01. The molecule has 0 aromatic heterocycles. The van der Waals surface area contributed by atoms with Crippen LogP contribution in [0.5, 0.6) is 0 Å². The van der Waals surface area contributed by atoms with Crippen LogP contribution in [0.3, 0.4) is 0 Å². The number of carbonyl (C=O) groups excluding carboxylic acids is 3. The third kappa shape index (κ3) is 3.82. The van der Waals surface area contributed by atoms with Crippen LogP contribution in [0.15, 0.2) is 24.3 Å². The van der Waals surface area contributed by atoms with Crippen LogP contribution in [0.2, 0.25) is 0 Å². The van der Waals surface area contributed by atoms with Gasteiger partial charge in [-0.3, -0.25) is 14.5 Å². The number of urea groups is 1. The zero-order chi connectivity index (χ0) is 21.4. The largest absolute Gasteiger partial charge is 0.354 e. The van der Waals surface area contributed by atoms with Crippen molar-refractivity contribution in [1.29, 1.82) is 0 Å². The van der Waals surface area contributed by atoms with E-state index in [1.807, 2.05) is 0 Å². The Labute approximate surface area is 176 Å². The first-order valence-electron chi connectivity index (χ1n) is 11.0. The number of rotatable bonds is 5. The van der Waals surface area contributed by atoms with E-state index in [4.69, 9.17) is 0 Å². The van der Waals surface area contributed by atoms with E-state index in [-0.39, 0.29) is 29.6 Å². The minimum absolute atomic E-state index is 0.221. The Morgan fingerprint density at radius 2 is 1.77 bits per heavy atom. The number of amides is 4. The average Bonchev–Trinajstić information content (AvgIpc) is 3.30. The second kappa shape index (κ2) is 8.00. The summed E-state index contributed by atoms with van der Waals surface area (Å²) in [5, 5.41) is 5.79. The molecule has 3 aliphatic rings. The second-order valence-corrected chi connectivity index (χ2v) is 9.36. The van der Waals surface area contributed by atoms with Crippen molar-refractivity contribution < 1.29 is 18.8 Å². The highest BCUT2D eigenvalue weighted by Crippen LogP contribution is 2.41. The molecule has 2 saturated carbocycles. The predicted octanol–water partition coefficient (Wildman–Crippen LogP) is 3.25. The molecule has 1 heterocycles. The lowest BCUT2D eigenvalue weighted by Crippen LogP contribution is -2.50. The van der Waals surface area contributed by atoms with E-state index in [0.717, 1.165) is 49.0 Å². The Kier molecular flexibility index (Phi) is 5.55. The first kappa shape index (κ1) is 20.8. The van der Waals surface area contributed by atoms with Gasteiger partial charge in [0.15, 0.2) is 0 Å². The summed E-state index contributed by atoms with van der Waals surface area (Å²) in [6.07, 6.45) is 7.00. The fourth-order valence-corrected chi connectivity index (χ4v) is 5.30. The zero-order valence-electron chi connectivity index (χ0n) is 17.5. The summed E-state index contributed by atoms with van der Waals surface area (Å²) < 4.78 is 13.3. The third-order valence-electron chi connectivity index (χ3n) is 7.32. The van der Waals surface area contributed by atoms with Crippen molar-refractivity contribution in [2.75, 3.05) is 13.1 Å². The molecule has 4 amide bonds. The number of imide groups is 1. The molecule has 0 unspecified atom stereocenters. The van der Waals surface area contributed by atoms with E-state index in [1.54, 1.807) is 12.1 Å². The van der Waals surface area contributed by atoms with E-state index in [2.05, 4.69) is 17.6 Å². The van der Waals surface area contributed by atoms with E-state index in [9.17, 15) is 18.8 Å². The zero-order valence-corrected chi connectivity index (χ0v) is 17.5. The van der Waals surface area contributed by atoms with E-state index in [1.165, 1.54) is 12.1 Å². The van der Waals surface area contributed by atoms with Gasteiger partial charge in [-0.25, -0.2) is 9.18 Å². The average molecular weight is 416 g/mol. The summed E-state index contributed by atoms with van der Waals surface area (Å²) in [7, 11) is 0. The smallest absolute Gasteiger partial charge is 0.325 e. The van der Waals surface area contributed by atoms with Gasteiger partial charge in [-0.2, -0.15) is 0 Å². The molecule has 6 nitrogen and oxygen atoms in total. The van der Waals surface area contributed by atoms with Crippen molar-refractivity contribution in [2.45, 2.75) is 69.2 Å². The molecule has 7 heteroatoms. The minimum atomic E-state index is -0.829. The molecule has 0 radical (unpaired) electrons. The predicted molar refractivity (Wildman–Crippen MR) is 110 cm³/mol. The van der Waals surface area contributed by atoms with Gasteiger partial charge in [-0.15, -0.1) is 0 Å². The summed E-state index contributed by atoms with van der Waals surface area (Å²) >= 11 is 0. The summed E-state index contributed by atoms with van der Waals surface area (Å²) in [4.78, 5) is 39.1. The van der Waals surface area contributed by atoms with Crippen LogP contribution in [0.25, 0.3) is 0 Å². The molecule has 4 rings (SSSR count). The number of nitrogens with zero attached hydrogens (tertiary/aromatic N) is 1. The standard InChI is InChI=1S/C23H30FN3O3/c1-16-8-12-23(13-9-16)20(29)27(21(30)26-23)14-19(28)25-15-22(10-2-3-11-22)17-4-6-18(24)7-5-17/h4-7,16H,2-3,8-15H2,1H3,(H,25,28)(H,26,30). The molecular weight excluding hydrogens is 385 g/mol. The van der Waals surface area contributed by atoms with Gasteiger partial charge in [-0.05, 0) is 62.1 Å².